The Labute approximate surface area is 221 Å². The summed E-state index contributed by atoms with van der Waals surface area (Å²) < 4.78 is 30.7. The number of benzene rings is 2. The van der Waals surface area contributed by atoms with Crippen molar-refractivity contribution in [1.82, 2.24) is 20.4 Å². The highest BCUT2D eigenvalue weighted by molar-refractivity contribution is 8.25. The topological polar surface area (TPSA) is 134 Å². The number of ether oxygens (including phenoxy) is 1. The molecule has 0 saturated carbocycles. The molecule has 1 atom stereocenters. The van der Waals surface area contributed by atoms with Gasteiger partial charge in [-0.25, -0.2) is 9.97 Å². The van der Waals surface area contributed by atoms with E-state index in [-0.39, 0.29) is 29.4 Å². The minimum atomic E-state index is -2.58. The molecule has 0 unspecified atom stereocenters. The first kappa shape index (κ1) is 24.8. The van der Waals surface area contributed by atoms with E-state index < -0.39 is 16.5 Å². The molecule has 2 aliphatic heterocycles. The van der Waals surface area contributed by atoms with Gasteiger partial charge in [0.05, 0.1) is 48.0 Å². The van der Waals surface area contributed by atoms with Crippen LogP contribution in [0.25, 0.3) is 22.0 Å². The number of nitrogens with zero attached hydrogens (tertiary/aromatic N) is 4. The van der Waals surface area contributed by atoms with Crippen molar-refractivity contribution in [3.63, 3.8) is 0 Å². The normalized spacial score (nSPS) is 20.2. The molecule has 2 fully saturated rings. The molecule has 2 aromatic carbocycles. The first-order valence-corrected chi connectivity index (χ1v) is 14.4. The van der Waals surface area contributed by atoms with Crippen LogP contribution in [0.3, 0.4) is 0 Å². The van der Waals surface area contributed by atoms with Crippen LogP contribution in [0.2, 0.25) is 0 Å². The molecule has 2 aliphatic rings. The molecule has 3 N–H and O–H groups in total. The Bertz CT molecular complexity index is 1480. The zero-order valence-corrected chi connectivity index (χ0v) is 21.9. The molecule has 0 radical (unpaired) electrons. The number of morpholine rings is 1. The summed E-state index contributed by atoms with van der Waals surface area (Å²) in [4.78, 5) is 24.8. The third-order valence-corrected chi connectivity index (χ3v) is 8.93. The number of anilines is 1. The fraction of sp³-hybridized carbons (Fsp3) is 0.333. The summed E-state index contributed by atoms with van der Waals surface area (Å²) in [7, 11) is -2.58. The van der Waals surface area contributed by atoms with Crippen molar-refractivity contribution >= 4 is 33.2 Å². The first-order valence-electron chi connectivity index (χ1n) is 12.5. The fourth-order valence-corrected chi connectivity index (χ4v) is 6.58. The van der Waals surface area contributed by atoms with E-state index in [4.69, 9.17) is 14.2 Å². The Morgan fingerprint density at radius 3 is 2.61 bits per heavy atom. The molecule has 2 saturated heterocycles. The molecular formula is C27H29N5O5S. The van der Waals surface area contributed by atoms with Crippen LogP contribution in [0.15, 0.2) is 53.1 Å². The summed E-state index contributed by atoms with van der Waals surface area (Å²) in [6.45, 7) is 5.39. The van der Waals surface area contributed by atoms with Crippen molar-refractivity contribution < 1.29 is 23.2 Å². The van der Waals surface area contributed by atoms with Crippen molar-refractivity contribution in [1.29, 1.82) is 0 Å². The largest absolute Gasteiger partial charge is 0.377 e. The second-order valence-corrected chi connectivity index (χ2v) is 12.1. The molecule has 4 aromatic rings. The van der Waals surface area contributed by atoms with E-state index in [1.54, 1.807) is 0 Å². The van der Waals surface area contributed by atoms with E-state index in [9.17, 15) is 13.9 Å². The molecule has 0 aliphatic carbocycles. The number of hydrogen-bond donors (Lipinski definition) is 3. The van der Waals surface area contributed by atoms with Crippen LogP contribution in [0, 0.1) is 13.8 Å². The molecule has 1 amide bonds. The van der Waals surface area contributed by atoms with Gasteiger partial charge < -0.3 is 19.5 Å². The lowest BCUT2D eigenvalue weighted by Crippen LogP contribution is -2.50. The number of carbonyl (C=O) groups is 1. The summed E-state index contributed by atoms with van der Waals surface area (Å²) in [6.07, 6.45) is 0. The summed E-state index contributed by atoms with van der Waals surface area (Å²) in [5.41, 5.74) is 4.36. The van der Waals surface area contributed by atoms with E-state index in [1.165, 1.54) is 0 Å². The number of hydrogen-bond acceptors (Lipinski definition) is 9. The molecule has 2 aromatic heterocycles. The van der Waals surface area contributed by atoms with Gasteiger partial charge >= 0.3 is 0 Å². The maximum atomic E-state index is 13.2. The van der Waals surface area contributed by atoms with Gasteiger partial charge in [0, 0.05) is 17.5 Å². The lowest BCUT2D eigenvalue weighted by molar-refractivity contribution is 0.0924. The first-order chi connectivity index (χ1) is 18.3. The summed E-state index contributed by atoms with van der Waals surface area (Å²) in [6, 6.07) is 15.6. The van der Waals surface area contributed by atoms with Gasteiger partial charge in [-0.05, 0) is 37.1 Å². The van der Waals surface area contributed by atoms with Gasteiger partial charge in [-0.3, -0.25) is 13.9 Å². The van der Waals surface area contributed by atoms with Gasteiger partial charge in [-0.1, -0.05) is 41.6 Å². The average Bonchev–Trinajstić information content (AvgIpc) is 3.24. The van der Waals surface area contributed by atoms with Crippen molar-refractivity contribution in [2.45, 2.75) is 25.9 Å². The second kappa shape index (κ2) is 9.66. The van der Waals surface area contributed by atoms with Crippen molar-refractivity contribution in [2.24, 2.45) is 0 Å². The molecule has 10 nitrogen and oxygen atoms in total. The second-order valence-electron chi connectivity index (χ2n) is 9.80. The highest BCUT2D eigenvalue weighted by Gasteiger charge is 2.36. The Hall–Kier alpha value is -3.51. The highest BCUT2D eigenvalue weighted by Crippen LogP contribution is 2.48. The number of rotatable bonds is 5. The van der Waals surface area contributed by atoms with Crippen molar-refractivity contribution in [3.05, 3.63) is 71.4 Å². The van der Waals surface area contributed by atoms with Gasteiger partial charge in [0.15, 0.2) is 0 Å². The Morgan fingerprint density at radius 2 is 1.89 bits per heavy atom. The predicted molar refractivity (Wildman–Crippen MR) is 146 cm³/mol. The predicted octanol–water partition coefficient (Wildman–Crippen LogP) is 4.34. The van der Waals surface area contributed by atoms with E-state index >= 15 is 0 Å². The quantitative estimate of drug-likeness (QED) is 0.341. The average molecular weight is 536 g/mol. The summed E-state index contributed by atoms with van der Waals surface area (Å²) >= 11 is 0. The van der Waals surface area contributed by atoms with Gasteiger partial charge in [-0.2, -0.15) is 10.6 Å². The zero-order valence-electron chi connectivity index (χ0n) is 21.1. The number of fused-ring (bicyclic) bond motifs is 1. The van der Waals surface area contributed by atoms with Crippen LogP contribution in [-0.4, -0.2) is 67.4 Å². The molecule has 11 heteroatoms. The maximum Gasteiger partial charge on any atom is 0.289 e. The van der Waals surface area contributed by atoms with Gasteiger partial charge in [0.1, 0.15) is 11.6 Å². The van der Waals surface area contributed by atoms with Crippen LogP contribution >= 0.6 is 10.6 Å². The van der Waals surface area contributed by atoms with Crippen molar-refractivity contribution in [2.75, 3.05) is 36.2 Å². The van der Waals surface area contributed by atoms with E-state index in [0.29, 0.717) is 31.1 Å². The minimum Gasteiger partial charge on any atom is -0.377 e. The van der Waals surface area contributed by atoms with E-state index in [0.717, 1.165) is 33.5 Å². The number of carbonyl (C=O) groups excluding carboxylic acids is 1. The SMILES string of the molecule is Cc1noc(C)c1-c1ccc2nc(C(=O)NC3CS(O)(O)C3)nc(N3CCOC[C@@H]3c3ccccc3)c2c1. The number of amides is 1. The number of aryl methyl sites for hydroxylation is 2. The van der Waals surface area contributed by atoms with Crippen LogP contribution < -0.4 is 10.2 Å². The van der Waals surface area contributed by atoms with Gasteiger partial charge in [-0.15, -0.1) is 0 Å². The fourth-order valence-electron chi connectivity index (χ4n) is 5.22. The van der Waals surface area contributed by atoms with Gasteiger partial charge in [0.25, 0.3) is 5.91 Å². The highest BCUT2D eigenvalue weighted by atomic mass is 32.3. The smallest absolute Gasteiger partial charge is 0.289 e. The lowest BCUT2D eigenvalue weighted by Gasteiger charge is -2.46. The monoisotopic (exact) mass is 535 g/mol. The van der Waals surface area contributed by atoms with E-state index in [1.807, 2.05) is 50.2 Å². The lowest BCUT2D eigenvalue weighted by atomic mass is 10.0. The standard InChI is InChI=1S/C27H29N5O5S/c1-16-24(17(2)37-31-16)19-8-9-22-21(12-19)26(30-25(29-22)27(33)28-20-14-38(34,35)15-20)32-10-11-36-13-23(32)18-6-4-3-5-7-18/h3-9,12,20,23,34-35H,10-11,13-15H2,1-2H3,(H,28,33)/t23-/m1/s1. The van der Waals surface area contributed by atoms with Crippen LogP contribution in [-0.2, 0) is 4.74 Å². The van der Waals surface area contributed by atoms with Crippen LogP contribution in [0.1, 0.15) is 33.7 Å². The van der Waals surface area contributed by atoms with Crippen LogP contribution in [0.5, 0.6) is 0 Å². The molecule has 0 spiro atoms. The molecule has 4 heterocycles. The number of nitrogens with one attached hydrogen (secondary N) is 1. The van der Waals surface area contributed by atoms with Gasteiger partial charge in [0.2, 0.25) is 5.82 Å². The molecule has 0 bridgehead atoms. The third kappa shape index (κ3) is 4.62. The molecule has 38 heavy (non-hydrogen) atoms. The molecule has 198 valence electrons. The van der Waals surface area contributed by atoms with E-state index in [2.05, 4.69) is 32.5 Å². The van der Waals surface area contributed by atoms with Crippen molar-refractivity contribution in [3.8, 4) is 11.1 Å². The summed E-state index contributed by atoms with van der Waals surface area (Å²) in [5.74, 6) is 1.27. The minimum absolute atomic E-state index is 0.0410. The Kier molecular flexibility index (Phi) is 6.31. The molecule has 6 rings (SSSR count). The Balaban J connectivity index is 1.46. The molecular weight excluding hydrogens is 506 g/mol. The Morgan fingerprint density at radius 1 is 1.11 bits per heavy atom. The third-order valence-electron chi connectivity index (χ3n) is 7.06. The number of aromatic nitrogens is 3. The summed E-state index contributed by atoms with van der Waals surface area (Å²) in [5, 5.41) is 7.76. The maximum absolute atomic E-state index is 13.2. The zero-order chi connectivity index (χ0) is 26.4. The van der Waals surface area contributed by atoms with Crippen LogP contribution in [0.4, 0.5) is 5.82 Å².